The van der Waals surface area contributed by atoms with E-state index in [1.165, 1.54) is 22.3 Å². The first-order chi connectivity index (χ1) is 16.1. The fraction of sp³-hybridized carbons (Fsp3) is 0.222. The van der Waals surface area contributed by atoms with Crippen molar-refractivity contribution in [2.24, 2.45) is 0 Å². The monoisotopic (exact) mass is 453 g/mol. The summed E-state index contributed by atoms with van der Waals surface area (Å²) in [7, 11) is 0. The molecule has 0 N–H and O–H groups in total. The van der Waals surface area contributed by atoms with E-state index in [0.717, 1.165) is 36.6 Å². The summed E-state index contributed by atoms with van der Waals surface area (Å²) < 4.78 is 4.72. The standard InChI is InChI=1S/C27H27N5S/c1-20-10-11-25(21(2)17-20)32-26(24-9-6-14-28-18-24)29-31(27(32)33)19-30-15-12-23(13-16-30)22-7-4-3-5-8-22/h3-12,14,17-18H,13,15-16,19H2,1-2H3. The Morgan fingerprint density at radius 1 is 0.970 bits per heavy atom. The molecule has 2 aromatic carbocycles. The van der Waals surface area contributed by atoms with Gasteiger partial charge in [0.25, 0.3) is 0 Å². The van der Waals surface area contributed by atoms with Gasteiger partial charge >= 0.3 is 0 Å². The molecule has 0 aliphatic carbocycles. The van der Waals surface area contributed by atoms with E-state index in [-0.39, 0.29) is 0 Å². The summed E-state index contributed by atoms with van der Waals surface area (Å²) in [4.78, 5) is 6.69. The first kappa shape index (κ1) is 21.5. The van der Waals surface area contributed by atoms with Crippen LogP contribution in [0.5, 0.6) is 0 Å². The number of hydrogen-bond acceptors (Lipinski definition) is 4. The van der Waals surface area contributed by atoms with Gasteiger partial charge in [0, 0.05) is 31.0 Å². The minimum atomic E-state index is 0.655. The molecular formula is C27H27N5S. The summed E-state index contributed by atoms with van der Waals surface area (Å²) in [5.74, 6) is 0.817. The number of benzene rings is 2. The highest BCUT2D eigenvalue weighted by Gasteiger charge is 2.19. The van der Waals surface area contributed by atoms with Crippen LogP contribution < -0.4 is 0 Å². The second-order valence-electron chi connectivity index (χ2n) is 8.54. The maximum atomic E-state index is 5.96. The zero-order valence-electron chi connectivity index (χ0n) is 19.0. The molecule has 0 radical (unpaired) electrons. The van der Waals surface area contributed by atoms with Crippen molar-refractivity contribution in [2.75, 3.05) is 13.1 Å². The molecule has 1 aliphatic heterocycles. The lowest BCUT2D eigenvalue weighted by atomic mass is 10.00. The lowest BCUT2D eigenvalue weighted by molar-refractivity contribution is 0.226. The van der Waals surface area contributed by atoms with Gasteiger partial charge in [0.15, 0.2) is 5.82 Å². The first-order valence-corrected chi connectivity index (χ1v) is 11.7. The van der Waals surface area contributed by atoms with Crippen LogP contribution in [0.15, 0.2) is 79.1 Å². The highest BCUT2D eigenvalue weighted by atomic mass is 32.1. The molecule has 5 rings (SSSR count). The van der Waals surface area contributed by atoms with Crippen LogP contribution in [0.3, 0.4) is 0 Å². The van der Waals surface area contributed by atoms with Gasteiger partial charge in [0.05, 0.1) is 12.4 Å². The maximum absolute atomic E-state index is 5.96. The maximum Gasteiger partial charge on any atom is 0.204 e. The van der Waals surface area contributed by atoms with Crippen molar-refractivity contribution in [1.29, 1.82) is 0 Å². The summed E-state index contributed by atoms with van der Waals surface area (Å²) in [6.45, 7) is 6.73. The van der Waals surface area contributed by atoms with Crippen molar-refractivity contribution in [2.45, 2.75) is 26.9 Å². The summed E-state index contributed by atoms with van der Waals surface area (Å²) in [5, 5.41) is 4.96. The Balaban J connectivity index is 1.48. The average Bonchev–Trinajstić information content (AvgIpc) is 3.16. The number of pyridine rings is 1. The minimum absolute atomic E-state index is 0.655. The Labute approximate surface area is 199 Å². The van der Waals surface area contributed by atoms with Gasteiger partial charge in [-0.1, -0.05) is 54.1 Å². The molecule has 0 saturated heterocycles. The smallest absolute Gasteiger partial charge is 0.204 e. The first-order valence-electron chi connectivity index (χ1n) is 11.2. The molecule has 166 valence electrons. The van der Waals surface area contributed by atoms with E-state index >= 15 is 0 Å². The van der Waals surface area contributed by atoms with Gasteiger partial charge in [0.1, 0.15) is 0 Å². The van der Waals surface area contributed by atoms with Crippen LogP contribution in [-0.4, -0.2) is 37.3 Å². The molecule has 33 heavy (non-hydrogen) atoms. The van der Waals surface area contributed by atoms with Crippen molar-refractivity contribution in [3.63, 3.8) is 0 Å². The topological polar surface area (TPSA) is 38.9 Å². The predicted molar refractivity (Wildman–Crippen MR) is 136 cm³/mol. The van der Waals surface area contributed by atoms with E-state index in [4.69, 9.17) is 17.3 Å². The van der Waals surface area contributed by atoms with Gasteiger partial charge in [-0.25, -0.2) is 4.68 Å². The molecule has 0 fully saturated rings. The molecule has 3 heterocycles. The third kappa shape index (κ3) is 4.45. The van der Waals surface area contributed by atoms with E-state index in [0.29, 0.717) is 11.4 Å². The van der Waals surface area contributed by atoms with Gasteiger partial charge < -0.3 is 0 Å². The van der Waals surface area contributed by atoms with Gasteiger partial charge in [-0.05, 0) is 67.4 Å². The Kier molecular flexibility index (Phi) is 6.03. The normalized spacial score (nSPS) is 14.3. The molecule has 1 aliphatic rings. The lowest BCUT2D eigenvalue weighted by Gasteiger charge is -2.26. The fourth-order valence-electron chi connectivity index (χ4n) is 4.40. The second kappa shape index (κ2) is 9.25. The van der Waals surface area contributed by atoms with Crippen molar-refractivity contribution >= 4 is 17.8 Å². The van der Waals surface area contributed by atoms with Gasteiger partial charge in [-0.15, -0.1) is 5.10 Å². The Bertz CT molecular complexity index is 1350. The minimum Gasteiger partial charge on any atom is -0.280 e. The van der Waals surface area contributed by atoms with Crippen molar-refractivity contribution in [3.05, 3.63) is 101 Å². The molecule has 0 saturated carbocycles. The Hall–Kier alpha value is -3.35. The van der Waals surface area contributed by atoms with Crippen LogP contribution in [0.2, 0.25) is 0 Å². The molecule has 0 amide bonds. The van der Waals surface area contributed by atoms with E-state index in [2.05, 4.69) is 82.9 Å². The number of aryl methyl sites for hydroxylation is 2. The van der Waals surface area contributed by atoms with Crippen LogP contribution in [0.1, 0.15) is 23.1 Å². The summed E-state index contributed by atoms with van der Waals surface area (Å²) in [5.41, 5.74) is 7.13. The molecule has 5 nitrogen and oxygen atoms in total. The molecule has 2 aromatic heterocycles. The molecule has 6 heteroatoms. The van der Waals surface area contributed by atoms with Gasteiger partial charge in [-0.2, -0.15) is 0 Å². The molecule has 4 aromatic rings. The van der Waals surface area contributed by atoms with Gasteiger partial charge in [-0.3, -0.25) is 14.5 Å². The third-order valence-electron chi connectivity index (χ3n) is 6.12. The zero-order valence-corrected chi connectivity index (χ0v) is 19.8. The second-order valence-corrected chi connectivity index (χ2v) is 8.90. The average molecular weight is 454 g/mol. The van der Waals surface area contributed by atoms with Crippen LogP contribution in [0.25, 0.3) is 22.6 Å². The molecule has 0 atom stereocenters. The lowest BCUT2D eigenvalue weighted by Crippen LogP contribution is -2.31. The van der Waals surface area contributed by atoms with E-state index < -0.39 is 0 Å². The highest BCUT2D eigenvalue weighted by molar-refractivity contribution is 7.71. The van der Waals surface area contributed by atoms with Crippen molar-refractivity contribution < 1.29 is 0 Å². The third-order valence-corrected chi connectivity index (χ3v) is 6.52. The molecule has 0 unspecified atom stereocenters. The van der Waals surface area contributed by atoms with Gasteiger partial charge in [0.2, 0.25) is 4.77 Å². The quantitative estimate of drug-likeness (QED) is 0.357. The van der Waals surface area contributed by atoms with E-state index in [1.807, 2.05) is 23.0 Å². The predicted octanol–water partition coefficient (Wildman–Crippen LogP) is 5.83. The summed E-state index contributed by atoms with van der Waals surface area (Å²) in [6, 6.07) is 21.0. The number of hydrogen-bond donors (Lipinski definition) is 0. The Morgan fingerprint density at radius 2 is 1.79 bits per heavy atom. The highest BCUT2D eigenvalue weighted by Crippen LogP contribution is 2.26. The van der Waals surface area contributed by atoms with E-state index in [9.17, 15) is 0 Å². The van der Waals surface area contributed by atoms with Crippen LogP contribution in [0, 0.1) is 18.6 Å². The Morgan fingerprint density at radius 3 is 2.48 bits per heavy atom. The zero-order chi connectivity index (χ0) is 22.8. The number of aromatic nitrogens is 4. The van der Waals surface area contributed by atoms with Crippen LogP contribution in [-0.2, 0) is 6.67 Å². The molecule has 0 spiro atoms. The van der Waals surface area contributed by atoms with Crippen molar-refractivity contribution in [1.82, 2.24) is 24.2 Å². The number of rotatable bonds is 5. The largest absolute Gasteiger partial charge is 0.280 e. The molecule has 0 bridgehead atoms. The van der Waals surface area contributed by atoms with Crippen LogP contribution >= 0.6 is 12.2 Å². The SMILES string of the molecule is Cc1ccc(-n2c(-c3cccnc3)nn(CN3CC=C(c4ccccc4)CC3)c2=S)c(C)c1. The molecular weight excluding hydrogens is 426 g/mol. The van der Waals surface area contributed by atoms with Crippen LogP contribution in [0.4, 0.5) is 0 Å². The summed E-state index contributed by atoms with van der Waals surface area (Å²) in [6.07, 6.45) is 6.97. The summed E-state index contributed by atoms with van der Waals surface area (Å²) >= 11 is 5.96. The fourth-order valence-corrected chi connectivity index (χ4v) is 4.68. The van der Waals surface area contributed by atoms with E-state index in [1.54, 1.807) is 6.20 Å². The van der Waals surface area contributed by atoms with Crippen molar-refractivity contribution in [3.8, 4) is 17.1 Å². The number of nitrogens with zero attached hydrogens (tertiary/aromatic N) is 5.